The number of nitrogens with zero attached hydrogens (tertiary/aromatic N) is 4. The highest BCUT2D eigenvalue weighted by Gasteiger charge is 2.50. The van der Waals surface area contributed by atoms with Gasteiger partial charge in [-0.2, -0.15) is 0 Å². The molecule has 1 saturated carbocycles. The monoisotopic (exact) mass is 452 g/mol. The van der Waals surface area contributed by atoms with E-state index in [0.717, 1.165) is 52.2 Å². The zero-order valence-electron chi connectivity index (χ0n) is 20.2. The summed E-state index contributed by atoms with van der Waals surface area (Å²) >= 11 is 0. The van der Waals surface area contributed by atoms with Gasteiger partial charge in [0.15, 0.2) is 0 Å². The van der Waals surface area contributed by atoms with Crippen molar-refractivity contribution in [3.8, 4) is 11.1 Å². The van der Waals surface area contributed by atoms with E-state index in [1.165, 1.54) is 0 Å². The summed E-state index contributed by atoms with van der Waals surface area (Å²) in [6.07, 6.45) is 5.69. The van der Waals surface area contributed by atoms with E-state index in [-0.39, 0.29) is 17.9 Å². The fourth-order valence-corrected chi connectivity index (χ4v) is 5.25. The zero-order chi connectivity index (χ0) is 24.0. The van der Waals surface area contributed by atoms with E-state index in [2.05, 4.69) is 17.1 Å². The summed E-state index contributed by atoms with van der Waals surface area (Å²) in [4.78, 5) is 39.7. The van der Waals surface area contributed by atoms with Gasteiger partial charge in [-0.05, 0) is 70.7 Å². The van der Waals surface area contributed by atoms with Crippen LogP contribution in [0.5, 0.6) is 0 Å². The zero-order valence-corrected chi connectivity index (χ0v) is 20.2. The molecule has 2 amide bonds. The number of anilines is 3. The van der Waals surface area contributed by atoms with E-state index < -0.39 is 10.8 Å². The number of fused-ring (bicyclic) bond motifs is 2. The number of amides is 2. The molecule has 0 unspecified atom stereocenters. The van der Waals surface area contributed by atoms with Gasteiger partial charge in [0, 0.05) is 41.3 Å². The second-order valence-electron chi connectivity index (χ2n) is 10.8. The van der Waals surface area contributed by atoms with Crippen LogP contribution in [0.4, 0.5) is 17.2 Å². The molecule has 6 heteroatoms. The van der Waals surface area contributed by atoms with Crippen LogP contribution in [0.3, 0.4) is 0 Å². The molecule has 0 N–H and O–H groups in total. The average Bonchev–Trinajstić information content (AvgIpc) is 3.58. The van der Waals surface area contributed by atoms with Crippen LogP contribution >= 0.6 is 0 Å². The van der Waals surface area contributed by atoms with E-state index in [4.69, 9.17) is 4.98 Å². The first-order chi connectivity index (χ1) is 16.1. The van der Waals surface area contributed by atoms with Crippen LogP contribution in [0.2, 0.25) is 0 Å². The Morgan fingerprint density at radius 2 is 1.50 bits per heavy atom. The molecule has 1 aliphatic carbocycles. The summed E-state index contributed by atoms with van der Waals surface area (Å²) in [5, 5.41) is 0. The first-order valence-electron chi connectivity index (χ1n) is 11.9. The second-order valence-corrected chi connectivity index (χ2v) is 10.8. The number of rotatable bonds is 3. The van der Waals surface area contributed by atoms with Gasteiger partial charge in [0.1, 0.15) is 5.82 Å². The Morgan fingerprint density at radius 3 is 2.18 bits per heavy atom. The van der Waals surface area contributed by atoms with Crippen LogP contribution in [0.25, 0.3) is 11.1 Å². The normalized spacial score (nSPS) is 20.0. The number of pyridine rings is 2. The van der Waals surface area contributed by atoms with Crippen molar-refractivity contribution in [3.63, 3.8) is 0 Å². The molecule has 0 atom stereocenters. The molecule has 6 rings (SSSR count). The van der Waals surface area contributed by atoms with Crippen molar-refractivity contribution in [1.29, 1.82) is 0 Å². The molecule has 0 saturated heterocycles. The van der Waals surface area contributed by atoms with Gasteiger partial charge in [-0.15, -0.1) is 0 Å². The van der Waals surface area contributed by atoms with Crippen molar-refractivity contribution < 1.29 is 9.59 Å². The van der Waals surface area contributed by atoms with Crippen molar-refractivity contribution in [2.75, 3.05) is 9.80 Å². The summed E-state index contributed by atoms with van der Waals surface area (Å²) in [5.74, 6) is 0.660. The van der Waals surface area contributed by atoms with E-state index in [9.17, 15) is 9.59 Å². The van der Waals surface area contributed by atoms with E-state index in [0.29, 0.717) is 5.82 Å². The maximum absolute atomic E-state index is 13.7. The van der Waals surface area contributed by atoms with Crippen LogP contribution in [0, 0.1) is 6.92 Å². The molecule has 1 fully saturated rings. The second kappa shape index (κ2) is 6.75. The summed E-state index contributed by atoms with van der Waals surface area (Å²) < 4.78 is 0. The maximum Gasteiger partial charge on any atom is 0.242 e. The first-order valence-corrected chi connectivity index (χ1v) is 11.9. The number of benzene rings is 1. The molecule has 3 aliphatic rings. The lowest BCUT2D eigenvalue weighted by Gasteiger charge is -2.22. The Morgan fingerprint density at radius 1 is 0.794 bits per heavy atom. The van der Waals surface area contributed by atoms with E-state index >= 15 is 0 Å². The van der Waals surface area contributed by atoms with Gasteiger partial charge < -0.3 is 4.90 Å². The summed E-state index contributed by atoms with van der Waals surface area (Å²) in [5.41, 5.74) is 5.30. The topological polar surface area (TPSA) is 66.4 Å². The van der Waals surface area contributed by atoms with Crippen molar-refractivity contribution in [2.45, 2.75) is 64.3 Å². The minimum atomic E-state index is -0.675. The summed E-state index contributed by atoms with van der Waals surface area (Å²) in [7, 11) is 0. The Bertz CT molecular complexity index is 1370. The molecule has 6 nitrogen and oxygen atoms in total. The standard InChI is InChI=1S/C28H28N4O2/c1-16-6-7-18(14-29-16)17-8-11-20-22(12-17)32(26(34)27(20,2)3)24-13-23-21(15-30-24)28(4,5)25(33)31(23)19-9-10-19/h6-8,11-15,19H,9-10H2,1-5H3. The van der Waals surface area contributed by atoms with Gasteiger partial charge in [-0.1, -0.05) is 18.2 Å². The lowest BCUT2D eigenvalue weighted by atomic mass is 9.85. The molecule has 172 valence electrons. The highest BCUT2D eigenvalue weighted by molar-refractivity contribution is 6.14. The predicted molar refractivity (Wildman–Crippen MR) is 132 cm³/mol. The largest absolute Gasteiger partial charge is 0.308 e. The number of aryl methyl sites for hydroxylation is 1. The fraction of sp³-hybridized carbons (Fsp3) is 0.357. The minimum absolute atomic E-state index is 0.0179. The number of carbonyl (C=O) groups is 2. The van der Waals surface area contributed by atoms with Crippen LogP contribution in [0.15, 0.2) is 48.8 Å². The average molecular weight is 453 g/mol. The number of hydrogen-bond acceptors (Lipinski definition) is 4. The van der Waals surface area contributed by atoms with Gasteiger partial charge in [0.05, 0.1) is 22.2 Å². The van der Waals surface area contributed by atoms with Gasteiger partial charge in [-0.3, -0.25) is 19.5 Å². The third-order valence-electron chi connectivity index (χ3n) is 7.59. The van der Waals surface area contributed by atoms with Gasteiger partial charge in [0.25, 0.3) is 0 Å². The molecule has 3 aromatic rings. The highest BCUT2D eigenvalue weighted by atomic mass is 16.2. The Kier molecular flexibility index (Phi) is 4.17. The molecular formula is C28H28N4O2. The van der Waals surface area contributed by atoms with Crippen molar-refractivity contribution in [3.05, 3.63) is 65.6 Å². The maximum atomic E-state index is 13.7. The van der Waals surface area contributed by atoms with E-state index in [1.807, 2.05) is 70.0 Å². The fourth-order valence-electron chi connectivity index (χ4n) is 5.25. The Hall–Kier alpha value is -3.54. The van der Waals surface area contributed by atoms with Crippen LogP contribution in [-0.4, -0.2) is 27.8 Å². The van der Waals surface area contributed by atoms with Crippen molar-refractivity contribution in [1.82, 2.24) is 9.97 Å². The molecule has 0 radical (unpaired) electrons. The molecule has 2 aromatic heterocycles. The number of carbonyl (C=O) groups excluding carboxylic acids is 2. The van der Waals surface area contributed by atoms with Crippen LogP contribution < -0.4 is 9.80 Å². The van der Waals surface area contributed by atoms with Gasteiger partial charge >= 0.3 is 0 Å². The lowest BCUT2D eigenvalue weighted by molar-refractivity contribution is -0.122. The lowest BCUT2D eigenvalue weighted by Crippen LogP contribution is -2.37. The molecule has 34 heavy (non-hydrogen) atoms. The van der Waals surface area contributed by atoms with Crippen molar-refractivity contribution >= 4 is 29.0 Å². The molecule has 2 aliphatic heterocycles. The van der Waals surface area contributed by atoms with Crippen LogP contribution in [0.1, 0.15) is 57.4 Å². The molecule has 0 spiro atoms. The van der Waals surface area contributed by atoms with Gasteiger partial charge in [0.2, 0.25) is 11.8 Å². The Labute approximate surface area is 199 Å². The highest BCUT2D eigenvalue weighted by Crippen LogP contribution is 2.50. The third kappa shape index (κ3) is 2.81. The molecular weight excluding hydrogens is 424 g/mol. The molecule has 4 heterocycles. The Balaban J connectivity index is 1.49. The quantitative estimate of drug-likeness (QED) is 0.548. The van der Waals surface area contributed by atoms with Crippen molar-refractivity contribution in [2.24, 2.45) is 0 Å². The number of hydrogen-bond donors (Lipinski definition) is 0. The SMILES string of the molecule is Cc1ccc(-c2ccc3c(c2)N(c2cc4c(cn2)C(C)(C)C(=O)N4C2CC2)C(=O)C3(C)C)cn1. The van der Waals surface area contributed by atoms with Gasteiger partial charge in [-0.25, -0.2) is 4.98 Å². The predicted octanol–water partition coefficient (Wildman–Crippen LogP) is 5.19. The minimum Gasteiger partial charge on any atom is -0.308 e. The summed E-state index contributed by atoms with van der Waals surface area (Å²) in [6.45, 7) is 9.79. The third-order valence-corrected chi connectivity index (χ3v) is 7.59. The molecule has 1 aromatic carbocycles. The summed E-state index contributed by atoms with van der Waals surface area (Å²) in [6, 6.07) is 12.4. The smallest absolute Gasteiger partial charge is 0.242 e. The van der Waals surface area contributed by atoms with Crippen LogP contribution in [-0.2, 0) is 20.4 Å². The number of aromatic nitrogens is 2. The molecule has 0 bridgehead atoms. The van der Waals surface area contributed by atoms with E-state index in [1.54, 1.807) is 11.1 Å². The first kappa shape index (κ1) is 21.0.